The lowest BCUT2D eigenvalue weighted by Gasteiger charge is -2.61. The molecule has 0 N–H and O–H groups in total. The highest BCUT2D eigenvalue weighted by Gasteiger charge is 2.62. The SMILES string of the molecule is CC(C)(C)c1ccc(N(c2ccccc2)c2cc(-c3cccc4ccccc34)cc3c2-c2ccc(-c4ccccc4)cc2C32C3CC4CC(C3)CC2C4)cc1. The minimum absolute atomic E-state index is 0.00330. The van der Waals surface area contributed by atoms with Crippen LogP contribution < -0.4 is 4.90 Å². The second-order valence-corrected chi connectivity index (χ2v) is 18.2. The summed E-state index contributed by atoms with van der Waals surface area (Å²) in [6.07, 6.45) is 6.86. The second kappa shape index (κ2) is 12.3. The molecule has 5 aliphatic carbocycles. The summed E-state index contributed by atoms with van der Waals surface area (Å²) in [6, 6.07) is 60.2. The smallest absolute Gasteiger partial charge is 0.0549 e. The molecule has 0 unspecified atom stereocenters. The monoisotopic (exact) mass is 711 g/mol. The lowest BCUT2D eigenvalue weighted by Crippen LogP contribution is -2.55. The summed E-state index contributed by atoms with van der Waals surface area (Å²) in [5.74, 6) is 3.06. The number of rotatable bonds is 5. The zero-order valence-electron chi connectivity index (χ0n) is 32.3. The molecule has 4 bridgehead atoms. The lowest BCUT2D eigenvalue weighted by atomic mass is 9.43. The number of benzene rings is 7. The van der Waals surface area contributed by atoms with Gasteiger partial charge in [0.15, 0.2) is 0 Å². The third-order valence-electron chi connectivity index (χ3n) is 14.2. The van der Waals surface area contributed by atoms with Crippen molar-refractivity contribution in [1.29, 1.82) is 0 Å². The van der Waals surface area contributed by atoms with E-state index in [1.165, 1.54) is 98.9 Å². The van der Waals surface area contributed by atoms with Crippen molar-refractivity contribution in [3.8, 4) is 33.4 Å². The second-order valence-electron chi connectivity index (χ2n) is 18.2. The van der Waals surface area contributed by atoms with Crippen LogP contribution in [0, 0.1) is 23.7 Å². The van der Waals surface area contributed by atoms with Gasteiger partial charge in [-0.25, -0.2) is 0 Å². The van der Waals surface area contributed by atoms with Crippen molar-refractivity contribution in [2.24, 2.45) is 23.7 Å². The molecule has 270 valence electrons. The van der Waals surface area contributed by atoms with Crippen LogP contribution in [-0.2, 0) is 10.8 Å². The van der Waals surface area contributed by atoms with E-state index in [2.05, 4.69) is 183 Å². The summed E-state index contributed by atoms with van der Waals surface area (Å²) >= 11 is 0. The van der Waals surface area contributed by atoms with E-state index >= 15 is 0 Å². The maximum Gasteiger partial charge on any atom is 0.0549 e. The van der Waals surface area contributed by atoms with E-state index in [4.69, 9.17) is 0 Å². The van der Waals surface area contributed by atoms with Gasteiger partial charge < -0.3 is 4.90 Å². The Morgan fingerprint density at radius 2 is 1.11 bits per heavy atom. The third-order valence-corrected chi connectivity index (χ3v) is 14.2. The van der Waals surface area contributed by atoms with Gasteiger partial charge >= 0.3 is 0 Å². The molecule has 1 heteroatoms. The van der Waals surface area contributed by atoms with Gasteiger partial charge in [0.25, 0.3) is 0 Å². The molecule has 7 aromatic rings. The van der Waals surface area contributed by atoms with Crippen molar-refractivity contribution in [1.82, 2.24) is 0 Å². The molecule has 1 nitrogen and oxygen atoms in total. The summed E-state index contributed by atoms with van der Waals surface area (Å²) in [5, 5.41) is 2.61. The third kappa shape index (κ3) is 5.05. The van der Waals surface area contributed by atoms with E-state index in [1.807, 2.05) is 0 Å². The molecule has 55 heavy (non-hydrogen) atoms. The Morgan fingerprint density at radius 1 is 0.491 bits per heavy atom. The van der Waals surface area contributed by atoms with Gasteiger partial charge in [0.05, 0.1) is 5.69 Å². The van der Waals surface area contributed by atoms with E-state index < -0.39 is 0 Å². The van der Waals surface area contributed by atoms with Gasteiger partial charge in [-0.05, 0) is 159 Å². The number of anilines is 3. The Labute approximate surface area is 326 Å². The van der Waals surface area contributed by atoms with Crippen molar-refractivity contribution in [2.75, 3.05) is 4.90 Å². The maximum absolute atomic E-state index is 2.68. The first-order valence-electron chi connectivity index (χ1n) is 20.7. The van der Waals surface area contributed by atoms with Gasteiger partial charge in [0, 0.05) is 22.4 Å². The van der Waals surface area contributed by atoms with Crippen LogP contribution >= 0.6 is 0 Å². The van der Waals surface area contributed by atoms with Gasteiger partial charge in [-0.15, -0.1) is 0 Å². The van der Waals surface area contributed by atoms with Crippen LogP contribution in [0.15, 0.2) is 158 Å². The minimum Gasteiger partial charge on any atom is -0.310 e. The van der Waals surface area contributed by atoms with Gasteiger partial charge in [-0.1, -0.05) is 136 Å². The molecule has 0 heterocycles. The molecule has 0 atom stereocenters. The first kappa shape index (κ1) is 33.0. The minimum atomic E-state index is -0.00330. The zero-order valence-corrected chi connectivity index (χ0v) is 32.3. The first-order valence-corrected chi connectivity index (χ1v) is 20.7. The largest absolute Gasteiger partial charge is 0.310 e. The normalized spacial score (nSPS) is 23.3. The average Bonchev–Trinajstić information content (AvgIpc) is 3.50. The molecule has 0 amide bonds. The Morgan fingerprint density at radius 3 is 1.82 bits per heavy atom. The number of nitrogens with zero attached hydrogens (tertiary/aromatic N) is 1. The van der Waals surface area contributed by atoms with Crippen LogP contribution in [-0.4, -0.2) is 0 Å². The first-order chi connectivity index (χ1) is 26.9. The fourth-order valence-electron chi connectivity index (χ4n) is 12.0. The van der Waals surface area contributed by atoms with Crippen LogP contribution in [0.3, 0.4) is 0 Å². The molecular formula is C54H49N. The van der Waals surface area contributed by atoms with Crippen LogP contribution in [0.5, 0.6) is 0 Å². The predicted octanol–water partition coefficient (Wildman–Crippen LogP) is 14.7. The topological polar surface area (TPSA) is 3.24 Å². The van der Waals surface area contributed by atoms with Crippen LogP contribution in [0.2, 0.25) is 0 Å². The number of para-hydroxylation sites is 1. The average molecular weight is 712 g/mol. The Bertz CT molecular complexity index is 2540. The van der Waals surface area contributed by atoms with Crippen molar-refractivity contribution in [3.63, 3.8) is 0 Å². The van der Waals surface area contributed by atoms with Crippen molar-refractivity contribution < 1.29 is 0 Å². The molecule has 4 saturated carbocycles. The fourth-order valence-corrected chi connectivity index (χ4v) is 12.0. The summed E-state index contributed by atoms with van der Waals surface area (Å²) in [4.78, 5) is 2.57. The molecule has 0 aromatic heterocycles. The van der Waals surface area contributed by atoms with Gasteiger partial charge in [0.2, 0.25) is 0 Å². The number of hydrogen-bond donors (Lipinski definition) is 0. The molecular weight excluding hydrogens is 663 g/mol. The number of hydrogen-bond acceptors (Lipinski definition) is 1. The molecule has 12 rings (SSSR count). The van der Waals surface area contributed by atoms with Crippen molar-refractivity contribution >= 4 is 27.8 Å². The van der Waals surface area contributed by atoms with E-state index in [-0.39, 0.29) is 10.8 Å². The van der Waals surface area contributed by atoms with Crippen molar-refractivity contribution in [3.05, 3.63) is 174 Å². The van der Waals surface area contributed by atoms with Crippen LogP contribution in [0.25, 0.3) is 44.2 Å². The van der Waals surface area contributed by atoms with E-state index in [0.29, 0.717) is 11.8 Å². The molecule has 1 spiro atoms. The maximum atomic E-state index is 2.68. The van der Waals surface area contributed by atoms with E-state index in [1.54, 1.807) is 11.1 Å². The van der Waals surface area contributed by atoms with Crippen LogP contribution in [0.4, 0.5) is 17.1 Å². The lowest BCUT2D eigenvalue weighted by molar-refractivity contribution is -0.0399. The standard InChI is InChI=1S/C54H49N/c1-53(2,3)41-22-24-45(25-23-41)55(44-17-8-5-9-18-44)51-34-40(47-20-12-16-38-15-10-11-19-46(38)47)33-50-52(51)48-26-21-39(37-13-6-4-7-14-37)32-49(48)54(50)42-28-35-27-36(30-42)31-43(54)29-35/h4-26,32-36,42-43H,27-31H2,1-3H3. The molecule has 4 fully saturated rings. The predicted molar refractivity (Wildman–Crippen MR) is 231 cm³/mol. The van der Waals surface area contributed by atoms with Gasteiger partial charge in [-0.3, -0.25) is 0 Å². The van der Waals surface area contributed by atoms with E-state index in [0.717, 1.165) is 11.8 Å². The van der Waals surface area contributed by atoms with Gasteiger partial charge in [0.1, 0.15) is 0 Å². The Balaban J connectivity index is 1.24. The molecule has 5 aliphatic rings. The summed E-state index contributed by atoms with van der Waals surface area (Å²) in [7, 11) is 0. The highest BCUT2D eigenvalue weighted by molar-refractivity contribution is 6.02. The fraction of sp³-hybridized carbons (Fsp3) is 0.259. The molecule has 7 aromatic carbocycles. The van der Waals surface area contributed by atoms with Crippen molar-refractivity contribution in [2.45, 2.75) is 63.7 Å². The quantitative estimate of drug-likeness (QED) is 0.172. The summed E-state index contributed by atoms with van der Waals surface area (Å²) < 4.78 is 0. The highest BCUT2D eigenvalue weighted by atomic mass is 15.1. The van der Waals surface area contributed by atoms with E-state index in [9.17, 15) is 0 Å². The summed E-state index contributed by atoms with van der Waals surface area (Å²) in [6.45, 7) is 6.92. The van der Waals surface area contributed by atoms with Crippen LogP contribution in [0.1, 0.15) is 69.6 Å². The Hall–Kier alpha value is -5.40. The molecule has 0 aliphatic heterocycles. The molecule has 0 saturated heterocycles. The summed E-state index contributed by atoms with van der Waals surface area (Å²) in [5.41, 5.74) is 16.4. The number of fused-ring (bicyclic) bond motifs is 4. The highest BCUT2D eigenvalue weighted by Crippen LogP contribution is 2.71. The van der Waals surface area contributed by atoms with Gasteiger partial charge in [-0.2, -0.15) is 0 Å². The Kier molecular flexibility index (Phi) is 7.38. The zero-order chi connectivity index (χ0) is 36.9. The molecule has 0 radical (unpaired) electrons.